The molecule has 1 N–H and O–H groups in total. The molecule has 208 valence electrons. The average Bonchev–Trinajstić information content (AvgIpc) is 3.04. The van der Waals surface area contributed by atoms with Crippen LogP contribution in [0.3, 0.4) is 0 Å². The normalized spacial score (nSPS) is 16.7. The molecule has 39 heavy (non-hydrogen) atoms. The van der Waals surface area contributed by atoms with Crippen LogP contribution in [0.15, 0.2) is 41.2 Å². The van der Waals surface area contributed by atoms with Gasteiger partial charge in [0, 0.05) is 26.5 Å². The molecule has 0 atom stereocenters. The van der Waals surface area contributed by atoms with Crippen molar-refractivity contribution in [3.8, 4) is 0 Å². The van der Waals surface area contributed by atoms with Crippen molar-refractivity contribution in [1.29, 1.82) is 0 Å². The second-order valence-corrected chi connectivity index (χ2v) is 18.2. The van der Waals surface area contributed by atoms with Crippen LogP contribution in [0.5, 0.6) is 0 Å². The number of benzene rings is 2. The van der Waals surface area contributed by atoms with E-state index >= 15 is 0 Å². The van der Waals surface area contributed by atoms with Gasteiger partial charge in [-0.05, 0) is 63.8 Å². The Bertz CT molecular complexity index is 1440. The second-order valence-electron chi connectivity index (χ2n) is 12.6. The fourth-order valence-electron chi connectivity index (χ4n) is 4.67. The Hall–Kier alpha value is -2.79. The number of rotatable bonds is 9. The summed E-state index contributed by atoms with van der Waals surface area (Å²) in [4.78, 5) is 25.5. The molecule has 1 aliphatic rings. The van der Waals surface area contributed by atoms with Crippen LogP contribution in [0, 0.1) is 6.92 Å². The molecule has 1 saturated heterocycles. The van der Waals surface area contributed by atoms with Crippen molar-refractivity contribution in [1.82, 2.24) is 9.78 Å². The summed E-state index contributed by atoms with van der Waals surface area (Å²) in [7, 11) is -2.05. The van der Waals surface area contributed by atoms with Crippen molar-refractivity contribution in [2.45, 2.75) is 84.7 Å². The maximum Gasteiger partial charge on any atom is 0.495 e. The third-order valence-electron chi connectivity index (χ3n) is 7.69. The lowest BCUT2D eigenvalue weighted by Gasteiger charge is -2.32. The number of hydrogen-bond donors (Lipinski definition) is 1. The molecule has 0 unspecified atom stereocenters. The summed E-state index contributed by atoms with van der Waals surface area (Å²) in [5.41, 5.74) is 1.47. The highest BCUT2D eigenvalue weighted by Gasteiger charge is 2.53. The van der Waals surface area contributed by atoms with Gasteiger partial charge in [0.1, 0.15) is 6.73 Å². The first kappa shape index (κ1) is 29.2. The van der Waals surface area contributed by atoms with Crippen LogP contribution in [0.2, 0.25) is 25.7 Å². The quantitative estimate of drug-likeness (QED) is 0.307. The fourth-order valence-corrected chi connectivity index (χ4v) is 5.43. The van der Waals surface area contributed by atoms with Crippen LogP contribution in [0.25, 0.3) is 10.8 Å². The van der Waals surface area contributed by atoms with Gasteiger partial charge in [0.2, 0.25) is 0 Å². The first-order valence-electron chi connectivity index (χ1n) is 13.4. The highest BCUT2D eigenvalue weighted by Crippen LogP contribution is 2.37. The Morgan fingerprint density at radius 1 is 1.08 bits per heavy atom. The number of carboxylic acid groups (broad SMARTS) is 1. The van der Waals surface area contributed by atoms with Crippen molar-refractivity contribution < 1.29 is 23.9 Å². The number of carboxylic acids is 1. The number of nitrogens with zero attached hydrogens (tertiary/aromatic N) is 2. The zero-order chi connectivity index (χ0) is 28.8. The fraction of sp³-hybridized carbons (Fsp3) is 0.483. The van der Waals surface area contributed by atoms with Crippen LogP contribution in [-0.4, -0.2) is 53.9 Å². The second kappa shape index (κ2) is 10.6. The summed E-state index contributed by atoms with van der Waals surface area (Å²) >= 11 is 0. The monoisotopic (exact) mass is 550 g/mol. The molecule has 1 aliphatic heterocycles. The van der Waals surface area contributed by atoms with Crippen molar-refractivity contribution in [3.63, 3.8) is 0 Å². The van der Waals surface area contributed by atoms with Gasteiger partial charge in [0.15, 0.2) is 0 Å². The molecule has 2 heterocycles. The molecule has 0 saturated carbocycles. The number of fused-ring (bicyclic) bond motifs is 1. The van der Waals surface area contributed by atoms with Crippen molar-refractivity contribution in [2.75, 3.05) is 6.61 Å². The topological polar surface area (TPSA) is 99.9 Å². The lowest BCUT2D eigenvalue weighted by atomic mass is 9.72. The Kier molecular flexibility index (Phi) is 7.97. The Morgan fingerprint density at radius 2 is 1.69 bits per heavy atom. The SMILES string of the molecule is Cc1cc(Cc2nn(COCC[Si](C)(C)C)c(=O)c3ccccc23)cc(C(=O)O)c1B1OC(C)(C)C(C)(C)O1. The minimum Gasteiger partial charge on any atom is -0.478 e. The summed E-state index contributed by atoms with van der Waals surface area (Å²) in [6.45, 7) is 17.1. The Morgan fingerprint density at radius 3 is 2.28 bits per heavy atom. The van der Waals surface area contributed by atoms with Crippen LogP contribution in [0.1, 0.15) is 54.9 Å². The molecule has 0 aliphatic carbocycles. The minimum absolute atomic E-state index is 0.0709. The van der Waals surface area contributed by atoms with Crippen LogP contribution in [0.4, 0.5) is 0 Å². The lowest BCUT2D eigenvalue weighted by Crippen LogP contribution is -2.41. The van der Waals surface area contributed by atoms with Crippen LogP contribution >= 0.6 is 0 Å². The van der Waals surface area contributed by atoms with Gasteiger partial charge >= 0.3 is 13.1 Å². The lowest BCUT2D eigenvalue weighted by molar-refractivity contribution is 0.00578. The van der Waals surface area contributed by atoms with E-state index < -0.39 is 32.4 Å². The van der Waals surface area contributed by atoms with Crippen LogP contribution < -0.4 is 11.0 Å². The Labute approximate surface area is 231 Å². The summed E-state index contributed by atoms with van der Waals surface area (Å²) in [6, 6.07) is 12.0. The first-order chi connectivity index (χ1) is 18.1. The molecule has 2 aromatic carbocycles. The minimum atomic E-state index is -1.26. The standard InChI is InChI=1S/C29H39BN2O6Si/c1-19-15-20(16-23(27(34)35)25(19)30-37-28(2,3)29(4,5)38-30)17-24-21-11-9-10-12-22(21)26(33)32(31-24)18-36-13-14-39(6,7)8/h9-12,15-16H,13-14,17-18H2,1-8H3,(H,34,35). The largest absolute Gasteiger partial charge is 0.495 e. The number of ether oxygens (including phenoxy) is 1. The molecule has 8 nitrogen and oxygen atoms in total. The third-order valence-corrected chi connectivity index (χ3v) is 9.40. The number of carbonyl (C=O) groups is 1. The number of aryl methyl sites for hydroxylation is 1. The predicted molar refractivity (Wildman–Crippen MR) is 157 cm³/mol. The van der Waals surface area contributed by atoms with Gasteiger partial charge in [-0.3, -0.25) is 4.79 Å². The molecule has 0 amide bonds. The van der Waals surface area contributed by atoms with Gasteiger partial charge in [-0.2, -0.15) is 5.10 Å². The van der Waals surface area contributed by atoms with Gasteiger partial charge in [-0.15, -0.1) is 0 Å². The first-order valence-corrected chi connectivity index (χ1v) is 17.1. The van der Waals surface area contributed by atoms with Gasteiger partial charge in [0.25, 0.3) is 5.56 Å². The molecular weight excluding hydrogens is 511 g/mol. The van der Waals surface area contributed by atoms with Crippen LogP contribution in [-0.2, 0) is 27.2 Å². The third kappa shape index (κ3) is 6.19. The molecule has 0 bridgehead atoms. The van der Waals surface area contributed by atoms with Crippen molar-refractivity contribution in [3.05, 3.63) is 69.1 Å². The molecule has 3 aromatic rings. The van der Waals surface area contributed by atoms with E-state index in [-0.39, 0.29) is 17.9 Å². The zero-order valence-corrected chi connectivity index (χ0v) is 25.3. The number of hydrogen-bond acceptors (Lipinski definition) is 6. The molecule has 0 radical (unpaired) electrons. The van der Waals surface area contributed by atoms with Gasteiger partial charge in [-0.1, -0.05) is 49.5 Å². The summed E-state index contributed by atoms with van der Waals surface area (Å²) in [5.74, 6) is -1.05. The van der Waals surface area contributed by atoms with Crippen molar-refractivity contribution in [2.24, 2.45) is 0 Å². The van der Waals surface area contributed by atoms with Gasteiger partial charge in [-0.25, -0.2) is 9.48 Å². The van der Waals surface area contributed by atoms with E-state index in [4.69, 9.17) is 14.0 Å². The maximum atomic E-state index is 13.1. The highest BCUT2D eigenvalue weighted by atomic mass is 28.3. The predicted octanol–water partition coefficient (Wildman–Crippen LogP) is 4.61. The van der Waals surface area contributed by atoms with E-state index in [1.54, 1.807) is 12.1 Å². The van der Waals surface area contributed by atoms with E-state index in [0.717, 1.165) is 22.6 Å². The zero-order valence-electron chi connectivity index (χ0n) is 24.3. The number of aromatic carboxylic acids is 1. The summed E-state index contributed by atoms with van der Waals surface area (Å²) in [5, 5.41) is 16.1. The molecule has 10 heteroatoms. The molecular formula is C29H39BN2O6Si. The molecule has 4 rings (SSSR count). The Balaban J connectivity index is 1.70. The maximum absolute atomic E-state index is 13.1. The van der Waals surface area contributed by atoms with E-state index in [2.05, 4.69) is 24.7 Å². The van der Waals surface area contributed by atoms with E-state index in [0.29, 0.717) is 29.6 Å². The summed E-state index contributed by atoms with van der Waals surface area (Å²) < 4.78 is 19.6. The highest BCUT2D eigenvalue weighted by molar-refractivity contribution is 6.76. The van der Waals surface area contributed by atoms with Gasteiger partial charge < -0.3 is 19.2 Å². The molecule has 1 fully saturated rings. The molecule has 1 aromatic heterocycles. The average molecular weight is 551 g/mol. The van der Waals surface area contributed by atoms with Crippen molar-refractivity contribution >= 4 is 37.4 Å². The van der Waals surface area contributed by atoms with E-state index in [9.17, 15) is 14.7 Å². The van der Waals surface area contributed by atoms with E-state index in [1.165, 1.54) is 4.68 Å². The van der Waals surface area contributed by atoms with E-state index in [1.807, 2.05) is 58.9 Å². The van der Waals surface area contributed by atoms with Gasteiger partial charge in [0.05, 0.1) is 27.8 Å². The summed E-state index contributed by atoms with van der Waals surface area (Å²) in [6.07, 6.45) is 0.348. The molecule has 0 spiro atoms. The number of aromatic nitrogens is 2. The smallest absolute Gasteiger partial charge is 0.478 e.